The summed E-state index contributed by atoms with van der Waals surface area (Å²) in [5.74, 6) is 4.62. The molecule has 6 aliphatic rings. The number of carbonyl (C=O) groups is 6. The van der Waals surface area contributed by atoms with Crippen molar-refractivity contribution in [3.8, 4) is 12.5 Å². The molecular formula is C87H160N10O20Si4. The maximum Gasteiger partial charge on any atom is 0.407 e. The first-order valence-corrected chi connectivity index (χ1v) is 58.8. The fraction of sp³-hybridized carbons (Fsp3) is 0.885. The molecule has 6 amide bonds. The monoisotopic (exact) mass is 1780 g/mol. The first-order valence-electron chi connectivity index (χ1n) is 46.3. The molecule has 0 aromatic carbocycles. The van der Waals surface area contributed by atoms with E-state index in [0.717, 1.165) is 259 Å². The van der Waals surface area contributed by atoms with Crippen LogP contribution in [0.5, 0.6) is 0 Å². The number of unbranched alkanes of at least 4 members (excludes halogenated alkanes) is 5. The number of hydrogen-bond donors (Lipinski definition) is 10. The van der Waals surface area contributed by atoms with Gasteiger partial charge in [0.1, 0.15) is 25.4 Å². The maximum absolute atomic E-state index is 12.5. The number of carbonyl (C=O) groups excluding carboxylic acids is 8. The molecular weight excluding hydrogens is 1620 g/mol. The number of aliphatic hydroxyl groups is 4. The van der Waals surface area contributed by atoms with Crippen LogP contribution in [-0.2, 0) is 55.8 Å². The van der Waals surface area contributed by atoms with Gasteiger partial charge in [0.25, 0.3) is 12.5 Å². The van der Waals surface area contributed by atoms with Crippen molar-refractivity contribution in [2.45, 2.75) is 376 Å². The minimum absolute atomic E-state index is 0.00297. The molecule has 0 atom stereocenters. The molecule has 0 saturated heterocycles. The van der Waals surface area contributed by atoms with Gasteiger partial charge in [-0.05, 0) is 362 Å². The summed E-state index contributed by atoms with van der Waals surface area (Å²) in [5, 5.41) is 68.2. The summed E-state index contributed by atoms with van der Waals surface area (Å²) in [6.07, 6.45) is 46.0. The summed E-state index contributed by atoms with van der Waals surface area (Å²) in [6, 6.07) is 4.58. The minimum atomic E-state index is -1.91. The molecule has 0 aliphatic heterocycles. The number of aliphatic imine (C=N–C) groups is 2. The second-order valence-corrected chi connectivity index (χ2v) is 54.6. The number of nitriles is 2. The standard InChI is InChI=1S/C52H92N6O9Si2.C16H36N2O7Si2.C15H22N2O2.C4H10O2/c1-68(2,35-11-31-54-49(60)13-7-5-9-33-64-51(62)57-46-25-17-42(18-26-46)37-41-15-23-45(24-16-41)56-40-59)67-69(3,4)36-12-32-55-50(61)14-8-6-10-34-65-52(63)58-47-27-19-43(20-28-47)38-44-21-29-48(30-22-44)66-39-53;1-26(2,13-5-7-17-15(21)23-11-9-19)25-27(3,4)14-6-8-18-16(22)24-12-10-20;16-10-19-15-7-3-13(4-8-15)9-12-1-5-14(6-2-12)17-11-18;5-3-1-2-4-6/h41-48H,5-38H2,1-4H3,(H,54,60)(H,55,61)(H,57,62)(H,58,63);19-20H,5-14H2,1-4H3,(H,17,21)(H,18,22);12-15H,1-9H2;5-6H,1-4H2. The number of rotatable bonds is 51. The Morgan fingerprint density at radius 3 is 0.901 bits per heavy atom. The molecule has 30 nitrogen and oxygen atoms in total. The van der Waals surface area contributed by atoms with E-state index in [-0.39, 0.29) is 100 Å². The number of nitrogens with one attached hydrogen (secondary N) is 6. The Morgan fingerprint density at radius 1 is 0.339 bits per heavy atom. The van der Waals surface area contributed by atoms with Crippen LogP contribution in [0.4, 0.5) is 19.2 Å². The third kappa shape index (κ3) is 56.6. The van der Waals surface area contributed by atoms with Crippen LogP contribution < -0.4 is 31.9 Å². The topological polar surface area (TPSA) is 436 Å². The molecule has 6 aliphatic carbocycles. The number of ether oxygens (including phenoxy) is 6. The minimum Gasteiger partial charge on any atom is -0.455 e. The smallest absolute Gasteiger partial charge is 0.407 e. The second-order valence-electron chi connectivity index (χ2n) is 36.9. The molecule has 10 N–H and O–H groups in total. The predicted molar refractivity (Wildman–Crippen MR) is 476 cm³/mol. The summed E-state index contributed by atoms with van der Waals surface area (Å²) >= 11 is 0. The van der Waals surface area contributed by atoms with Crippen molar-refractivity contribution in [1.29, 1.82) is 10.5 Å². The normalized spacial score (nSPS) is 22.9. The molecule has 0 radical (unpaired) electrons. The van der Waals surface area contributed by atoms with Gasteiger partial charge in [0, 0.05) is 64.3 Å². The Kier molecular flexibility index (Phi) is 59.1. The van der Waals surface area contributed by atoms with Crippen molar-refractivity contribution in [2.75, 3.05) is 79.0 Å². The molecule has 0 heterocycles. The van der Waals surface area contributed by atoms with Crippen LogP contribution in [0, 0.1) is 58.5 Å². The van der Waals surface area contributed by atoms with Gasteiger partial charge >= 0.3 is 24.4 Å². The van der Waals surface area contributed by atoms with Crippen LogP contribution in [0.25, 0.3) is 0 Å². The van der Waals surface area contributed by atoms with Crippen molar-refractivity contribution in [1.82, 2.24) is 31.9 Å². The van der Waals surface area contributed by atoms with Gasteiger partial charge in [0.05, 0.1) is 38.5 Å². The number of alkyl carbamates (subject to hydrolysis) is 4. The van der Waals surface area contributed by atoms with Crippen molar-refractivity contribution in [3.63, 3.8) is 0 Å². The Bertz CT molecular complexity index is 2950. The highest BCUT2D eigenvalue weighted by Gasteiger charge is 2.36. The predicted octanol–water partition coefficient (Wildman–Crippen LogP) is 15.6. The highest BCUT2D eigenvalue weighted by atomic mass is 28.4. The third-order valence-electron chi connectivity index (χ3n) is 24.4. The van der Waals surface area contributed by atoms with E-state index >= 15 is 0 Å². The van der Waals surface area contributed by atoms with E-state index in [1.807, 2.05) is 12.5 Å². The van der Waals surface area contributed by atoms with Gasteiger partial charge in [-0.15, -0.1) is 0 Å². The van der Waals surface area contributed by atoms with Gasteiger partial charge in [-0.2, -0.15) is 10.5 Å². The van der Waals surface area contributed by atoms with Crippen molar-refractivity contribution in [2.24, 2.45) is 45.5 Å². The summed E-state index contributed by atoms with van der Waals surface area (Å²) in [6.45, 7) is 20.8. The molecule has 6 saturated carbocycles. The average molecular weight is 1780 g/mol. The van der Waals surface area contributed by atoms with Crippen LogP contribution >= 0.6 is 0 Å². The number of isocyanates is 2. The van der Waals surface area contributed by atoms with Gasteiger partial charge in [-0.3, -0.25) is 9.59 Å². The number of nitrogens with zero attached hydrogens (tertiary/aromatic N) is 4. The molecule has 0 aromatic heterocycles. The lowest BCUT2D eigenvalue weighted by molar-refractivity contribution is -0.122. The molecule has 694 valence electrons. The lowest BCUT2D eigenvalue weighted by Crippen LogP contribution is -2.45. The van der Waals surface area contributed by atoms with Gasteiger partial charge < -0.3 is 89.0 Å². The Hall–Kier alpha value is -6.01. The molecule has 0 aromatic rings. The van der Waals surface area contributed by atoms with E-state index in [4.69, 9.17) is 67.6 Å². The van der Waals surface area contributed by atoms with Gasteiger partial charge in [0.15, 0.2) is 33.3 Å². The van der Waals surface area contributed by atoms with Gasteiger partial charge in [0.2, 0.25) is 24.0 Å². The average Bonchev–Trinajstić information content (AvgIpc) is 0.934. The Morgan fingerprint density at radius 2 is 0.620 bits per heavy atom. The first kappa shape index (κ1) is 109. The SMILES string of the molecule is C[Si](C)(CCCNC(=O)CCCCCOC(=O)NC1CCC(CC2CCC(N=C=O)CC2)CC1)O[Si](C)(C)CCCNC(=O)CCCCCOC(=O)NC1CCC(CC2CCC(OC#N)CC2)CC1.C[Si](C)(CCCNC(=O)OCCO)O[Si](C)(C)CCCNC(=O)OCCO.N#COC1CCC(CC2CCC(N=C=O)CC2)CC1.OCCCCO. The highest BCUT2D eigenvalue weighted by molar-refractivity contribution is 6.85. The van der Waals surface area contributed by atoms with Crippen LogP contribution in [0.1, 0.15) is 263 Å². The largest absolute Gasteiger partial charge is 0.455 e. The Labute approximate surface area is 728 Å². The maximum atomic E-state index is 12.5. The molecule has 0 bridgehead atoms. The lowest BCUT2D eigenvalue weighted by atomic mass is 9.76. The third-order valence-corrected chi connectivity index (χ3v) is 39.4. The van der Waals surface area contributed by atoms with E-state index in [1.165, 1.54) is 44.9 Å². The van der Waals surface area contributed by atoms with Crippen molar-refractivity contribution in [3.05, 3.63) is 0 Å². The highest BCUT2D eigenvalue weighted by Crippen LogP contribution is 2.40. The zero-order valence-electron chi connectivity index (χ0n) is 75.3. The zero-order valence-corrected chi connectivity index (χ0v) is 79.3. The van der Waals surface area contributed by atoms with E-state index in [9.17, 15) is 38.4 Å². The first-order chi connectivity index (χ1) is 58.0. The van der Waals surface area contributed by atoms with Crippen LogP contribution in [0.2, 0.25) is 76.6 Å². The lowest BCUT2D eigenvalue weighted by Gasteiger charge is -2.34. The number of aliphatic hydroxyl groups excluding tert-OH is 4. The quantitative estimate of drug-likeness (QED) is 0.00675. The molecule has 34 heteroatoms. The van der Waals surface area contributed by atoms with Crippen molar-refractivity contribution >= 4 is 81.6 Å². The van der Waals surface area contributed by atoms with E-state index in [1.54, 1.807) is 12.2 Å². The molecule has 6 fully saturated rings. The molecule has 0 spiro atoms. The molecule has 121 heavy (non-hydrogen) atoms. The summed E-state index contributed by atoms with van der Waals surface area (Å²) < 4.78 is 43.8. The van der Waals surface area contributed by atoms with E-state index < -0.39 is 45.5 Å². The van der Waals surface area contributed by atoms with Crippen LogP contribution in [0.3, 0.4) is 0 Å². The van der Waals surface area contributed by atoms with Gasteiger partial charge in [-0.1, -0.05) is 0 Å². The second kappa shape index (κ2) is 65.6. The number of amides is 6. The summed E-state index contributed by atoms with van der Waals surface area (Å²) in [7, 11) is -7.52. The van der Waals surface area contributed by atoms with E-state index in [0.29, 0.717) is 58.2 Å². The van der Waals surface area contributed by atoms with Crippen LogP contribution in [-0.4, -0.2) is 217 Å². The molecule has 0 unspecified atom stereocenters. The van der Waals surface area contributed by atoms with Crippen molar-refractivity contribution < 1.29 is 95.4 Å². The van der Waals surface area contributed by atoms with Gasteiger partial charge in [-0.25, -0.2) is 38.8 Å². The molecule has 6 rings (SSSR count). The van der Waals surface area contributed by atoms with E-state index in [2.05, 4.69) is 94.3 Å². The fourth-order valence-corrected chi connectivity index (χ4v) is 35.7. The summed E-state index contributed by atoms with van der Waals surface area (Å²) in [5.41, 5.74) is 0. The van der Waals surface area contributed by atoms with Crippen LogP contribution in [0.15, 0.2) is 9.98 Å². The number of hydrogen-bond acceptors (Lipinski definition) is 24. The Balaban J connectivity index is 0.000000584. The summed E-state index contributed by atoms with van der Waals surface area (Å²) in [4.78, 5) is 101. The fourth-order valence-electron chi connectivity index (χ4n) is 18.0. The zero-order chi connectivity index (χ0) is 88.8.